The van der Waals surface area contributed by atoms with Crippen molar-refractivity contribution in [3.05, 3.63) is 64.4 Å². The number of halogens is 2. The minimum absolute atomic E-state index is 0.128. The topological polar surface area (TPSA) is 49.4 Å². The Labute approximate surface area is 145 Å². The van der Waals surface area contributed by atoms with E-state index >= 15 is 0 Å². The quantitative estimate of drug-likeness (QED) is 0.898. The molecule has 2 aromatic rings. The molecular weight excluding hydrogens is 331 g/mol. The van der Waals surface area contributed by atoms with Crippen molar-refractivity contribution < 1.29 is 14.0 Å². The van der Waals surface area contributed by atoms with E-state index in [0.29, 0.717) is 17.1 Å². The molecule has 0 aliphatic rings. The summed E-state index contributed by atoms with van der Waals surface area (Å²) >= 11 is 5.94. The summed E-state index contributed by atoms with van der Waals surface area (Å²) in [6.07, 6.45) is 0. The average molecular weight is 349 g/mol. The zero-order valence-corrected chi connectivity index (χ0v) is 14.2. The molecule has 2 amide bonds. The Morgan fingerprint density at radius 1 is 1.17 bits per heavy atom. The van der Waals surface area contributed by atoms with Crippen molar-refractivity contribution in [2.45, 2.75) is 13.8 Å². The molecule has 0 saturated heterocycles. The van der Waals surface area contributed by atoms with Crippen LogP contribution in [0.3, 0.4) is 0 Å². The van der Waals surface area contributed by atoms with Crippen molar-refractivity contribution in [1.29, 1.82) is 0 Å². The molecule has 126 valence electrons. The van der Waals surface area contributed by atoms with E-state index < -0.39 is 5.82 Å². The third-order valence-electron chi connectivity index (χ3n) is 3.56. The molecule has 0 aromatic heterocycles. The maximum atomic E-state index is 12.9. The molecule has 2 rings (SSSR count). The molecule has 0 heterocycles. The maximum Gasteiger partial charge on any atom is 0.251 e. The lowest BCUT2D eigenvalue weighted by Gasteiger charge is -2.23. The highest BCUT2D eigenvalue weighted by Crippen LogP contribution is 2.23. The van der Waals surface area contributed by atoms with Crippen LogP contribution in [0.1, 0.15) is 22.8 Å². The predicted octanol–water partition coefficient (Wildman–Crippen LogP) is 3.57. The van der Waals surface area contributed by atoms with Gasteiger partial charge in [0.05, 0.1) is 0 Å². The lowest BCUT2D eigenvalue weighted by atomic mass is 10.1. The Morgan fingerprint density at radius 2 is 1.83 bits per heavy atom. The Morgan fingerprint density at radius 3 is 2.42 bits per heavy atom. The van der Waals surface area contributed by atoms with E-state index in [-0.39, 0.29) is 18.4 Å². The van der Waals surface area contributed by atoms with E-state index in [1.807, 2.05) is 6.92 Å². The van der Waals surface area contributed by atoms with Gasteiger partial charge in [-0.25, -0.2) is 4.39 Å². The van der Waals surface area contributed by atoms with Crippen molar-refractivity contribution in [3.8, 4) is 0 Å². The summed E-state index contributed by atoms with van der Waals surface area (Å²) in [7, 11) is 0. The fraction of sp³-hybridized carbons (Fsp3) is 0.222. The molecule has 0 fully saturated rings. The largest absolute Gasteiger partial charge is 0.350 e. The molecule has 1 N–H and O–H groups in total. The Balaban J connectivity index is 2.00. The van der Waals surface area contributed by atoms with Crippen LogP contribution in [0.5, 0.6) is 0 Å². The summed E-state index contributed by atoms with van der Waals surface area (Å²) < 4.78 is 12.9. The van der Waals surface area contributed by atoms with Gasteiger partial charge in [-0.05, 0) is 55.0 Å². The number of anilines is 1. The smallest absolute Gasteiger partial charge is 0.251 e. The first kappa shape index (κ1) is 17.9. The first-order valence-corrected chi connectivity index (χ1v) is 7.84. The van der Waals surface area contributed by atoms with Crippen LogP contribution in [0.2, 0.25) is 5.02 Å². The van der Waals surface area contributed by atoms with Gasteiger partial charge in [0.25, 0.3) is 5.91 Å². The van der Waals surface area contributed by atoms with Crippen molar-refractivity contribution in [3.63, 3.8) is 0 Å². The lowest BCUT2D eigenvalue weighted by Crippen LogP contribution is -2.37. The van der Waals surface area contributed by atoms with Gasteiger partial charge in [0.1, 0.15) is 5.82 Å². The molecule has 0 atom stereocenters. The summed E-state index contributed by atoms with van der Waals surface area (Å²) in [6.45, 7) is 3.94. The predicted molar refractivity (Wildman–Crippen MR) is 92.9 cm³/mol. The first-order valence-electron chi connectivity index (χ1n) is 7.46. The van der Waals surface area contributed by atoms with E-state index in [1.54, 1.807) is 23.1 Å². The number of rotatable bonds is 5. The van der Waals surface area contributed by atoms with Gasteiger partial charge in [-0.3, -0.25) is 9.59 Å². The number of carbonyl (C=O) groups is 2. The number of nitrogens with one attached hydrogen (secondary N) is 1. The zero-order chi connectivity index (χ0) is 17.7. The standard InChI is InChI=1S/C18H18ClFN2O2/c1-12-11-15(19)5-8-17(12)22(13(2)23)10-9-21-18(24)14-3-6-16(20)7-4-14/h3-8,11H,9-10H2,1-2H3,(H,21,24). The van der Waals surface area contributed by atoms with Crippen LogP contribution in [0.4, 0.5) is 10.1 Å². The fourth-order valence-electron chi connectivity index (χ4n) is 2.35. The molecule has 0 bridgehead atoms. The van der Waals surface area contributed by atoms with Crippen LogP contribution in [-0.4, -0.2) is 24.9 Å². The Kier molecular flexibility index (Phi) is 5.93. The summed E-state index contributed by atoms with van der Waals surface area (Å²) in [5.41, 5.74) is 2.00. The van der Waals surface area contributed by atoms with Crippen LogP contribution in [-0.2, 0) is 4.79 Å². The van der Waals surface area contributed by atoms with Crippen LogP contribution in [0.25, 0.3) is 0 Å². The Bertz CT molecular complexity index is 747. The van der Waals surface area contributed by atoms with Gasteiger partial charge in [0.2, 0.25) is 5.91 Å². The molecule has 0 unspecified atom stereocenters. The number of hydrogen-bond acceptors (Lipinski definition) is 2. The third kappa shape index (κ3) is 4.55. The number of aryl methyl sites for hydroxylation is 1. The zero-order valence-electron chi connectivity index (χ0n) is 13.5. The van der Waals surface area contributed by atoms with Gasteiger partial charge in [0, 0.05) is 36.3 Å². The summed E-state index contributed by atoms with van der Waals surface area (Å²) in [5.74, 6) is -0.838. The van der Waals surface area contributed by atoms with Crippen molar-refractivity contribution in [1.82, 2.24) is 5.32 Å². The van der Waals surface area contributed by atoms with E-state index in [4.69, 9.17) is 11.6 Å². The van der Waals surface area contributed by atoms with Gasteiger partial charge >= 0.3 is 0 Å². The van der Waals surface area contributed by atoms with Crippen LogP contribution >= 0.6 is 11.6 Å². The molecule has 0 aliphatic heterocycles. The normalized spacial score (nSPS) is 10.3. The maximum absolute atomic E-state index is 12.9. The highest BCUT2D eigenvalue weighted by Gasteiger charge is 2.14. The molecule has 6 heteroatoms. The van der Waals surface area contributed by atoms with Gasteiger partial charge in [0.15, 0.2) is 0 Å². The van der Waals surface area contributed by atoms with E-state index in [2.05, 4.69) is 5.32 Å². The molecular formula is C18H18ClFN2O2. The highest BCUT2D eigenvalue weighted by molar-refractivity contribution is 6.30. The lowest BCUT2D eigenvalue weighted by molar-refractivity contribution is -0.116. The third-order valence-corrected chi connectivity index (χ3v) is 3.79. The van der Waals surface area contributed by atoms with Gasteiger partial charge in [-0.15, -0.1) is 0 Å². The number of benzene rings is 2. The van der Waals surface area contributed by atoms with Gasteiger partial charge < -0.3 is 10.2 Å². The van der Waals surface area contributed by atoms with Crippen molar-refractivity contribution in [2.75, 3.05) is 18.0 Å². The number of hydrogen-bond donors (Lipinski definition) is 1. The molecule has 0 aliphatic carbocycles. The highest BCUT2D eigenvalue weighted by atomic mass is 35.5. The van der Waals surface area contributed by atoms with Crippen LogP contribution in [0, 0.1) is 12.7 Å². The fourth-order valence-corrected chi connectivity index (χ4v) is 2.58. The second-order valence-electron chi connectivity index (χ2n) is 5.36. The monoisotopic (exact) mass is 348 g/mol. The van der Waals surface area contributed by atoms with Crippen molar-refractivity contribution >= 4 is 29.1 Å². The van der Waals surface area contributed by atoms with E-state index in [0.717, 1.165) is 11.3 Å². The van der Waals surface area contributed by atoms with E-state index in [1.165, 1.54) is 31.2 Å². The van der Waals surface area contributed by atoms with Crippen LogP contribution < -0.4 is 10.2 Å². The van der Waals surface area contributed by atoms with E-state index in [9.17, 15) is 14.0 Å². The molecule has 0 saturated carbocycles. The van der Waals surface area contributed by atoms with Gasteiger partial charge in [-0.2, -0.15) is 0 Å². The molecule has 24 heavy (non-hydrogen) atoms. The minimum Gasteiger partial charge on any atom is -0.350 e. The second kappa shape index (κ2) is 7.93. The molecule has 0 radical (unpaired) electrons. The Hall–Kier alpha value is -2.40. The molecule has 2 aromatic carbocycles. The SMILES string of the molecule is CC(=O)N(CCNC(=O)c1ccc(F)cc1)c1ccc(Cl)cc1C. The average Bonchev–Trinajstić information content (AvgIpc) is 2.52. The first-order chi connectivity index (χ1) is 11.4. The minimum atomic E-state index is -0.396. The molecule has 4 nitrogen and oxygen atoms in total. The summed E-state index contributed by atoms with van der Waals surface area (Å²) in [5, 5.41) is 3.32. The number of nitrogens with zero attached hydrogens (tertiary/aromatic N) is 1. The van der Waals surface area contributed by atoms with Crippen molar-refractivity contribution in [2.24, 2.45) is 0 Å². The van der Waals surface area contributed by atoms with Crippen LogP contribution in [0.15, 0.2) is 42.5 Å². The number of carbonyl (C=O) groups excluding carboxylic acids is 2. The number of amides is 2. The second-order valence-corrected chi connectivity index (χ2v) is 5.80. The van der Waals surface area contributed by atoms with Gasteiger partial charge in [-0.1, -0.05) is 11.6 Å². The molecule has 0 spiro atoms. The summed E-state index contributed by atoms with van der Waals surface area (Å²) in [4.78, 5) is 25.5. The summed E-state index contributed by atoms with van der Waals surface area (Å²) in [6, 6.07) is 10.6.